The Morgan fingerprint density at radius 1 is 1.20 bits per heavy atom. The third kappa shape index (κ3) is 8.23. The number of ether oxygens (including phenoxy) is 2. The highest BCUT2D eigenvalue weighted by Gasteiger charge is 2.24. The first-order valence-corrected chi connectivity index (χ1v) is 7.57. The van der Waals surface area contributed by atoms with Gasteiger partial charge in [0, 0.05) is 13.3 Å². The number of halogens is 3. The SMILES string of the molecule is CCOC(=O)[C@H](Cc1ccc(O/C(C)=C\C(F)(F)F)cc1)NC(C)=O. The highest BCUT2D eigenvalue weighted by molar-refractivity contribution is 5.83. The number of nitrogens with one attached hydrogen (secondary N) is 1. The average Bonchev–Trinajstić information content (AvgIpc) is 2.46. The van der Waals surface area contributed by atoms with Gasteiger partial charge in [-0.05, 0) is 31.5 Å². The molecule has 0 fully saturated rings. The van der Waals surface area contributed by atoms with Crippen LogP contribution in [0.4, 0.5) is 13.2 Å². The summed E-state index contributed by atoms with van der Waals surface area (Å²) in [5.41, 5.74) is 0.691. The van der Waals surface area contributed by atoms with Crippen LogP contribution >= 0.6 is 0 Å². The van der Waals surface area contributed by atoms with Gasteiger partial charge in [-0.15, -0.1) is 0 Å². The van der Waals surface area contributed by atoms with Gasteiger partial charge in [-0.1, -0.05) is 12.1 Å². The van der Waals surface area contributed by atoms with Gasteiger partial charge >= 0.3 is 12.1 Å². The second kappa shape index (κ2) is 9.10. The molecular weight excluding hydrogens is 339 g/mol. The van der Waals surface area contributed by atoms with E-state index in [4.69, 9.17) is 9.47 Å². The van der Waals surface area contributed by atoms with Crippen LogP contribution in [0.15, 0.2) is 36.1 Å². The largest absolute Gasteiger partial charge is 0.464 e. The minimum Gasteiger partial charge on any atom is -0.464 e. The van der Waals surface area contributed by atoms with E-state index in [1.807, 2.05) is 0 Å². The van der Waals surface area contributed by atoms with Crippen molar-refractivity contribution in [1.82, 2.24) is 5.32 Å². The van der Waals surface area contributed by atoms with E-state index in [0.717, 1.165) is 0 Å². The van der Waals surface area contributed by atoms with Crippen molar-refractivity contribution in [2.45, 2.75) is 39.4 Å². The van der Waals surface area contributed by atoms with Gasteiger partial charge in [-0.3, -0.25) is 4.79 Å². The molecule has 0 aliphatic rings. The molecule has 5 nitrogen and oxygen atoms in total. The van der Waals surface area contributed by atoms with Gasteiger partial charge in [0.05, 0.1) is 12.7 Å². The summed E-state index contributed by atoms with van der Waals surface area (Å²) in [5.74, 6) is -0.982. The van der Waals surface area contributed by atoms with Crippen molar-refractivity contribution in [3.05, 3.63) is 41.7 Å². The Labute approximate surface area is 143 Å². The summed E-state index contributed by atoms with van der Waals surface area (Å²) in [6.07, 6.45) is -4.19. The van der Waals surface area contributed by atoms with Crippen LogP contribution in [-0.2, 0) is 20.7 Å². The zero-order valence-corrected chi connectivity index (χ0v) is 14.1. The van der Waals surface area contributed by atoms with Crippen molar-refractivity contribution < 1.29 is 32.2 Å². The lowest BCUT2D eigenvalue weighted by molar-refractivity contribution is -0.147. The lowest BCUT2D eigenvalue weighted by Gasteiger charge is -2.16. The average molecular weight is 359 g/mol. The van der Waals surface area contributed by atoms with Gasteiger partial charge in [0.1, 0.15) is 17.6 Å². The van der Waals surface area contributed by atoms with Gasteiger partial charge in [0.15, 0.2) is 0 Å². The predicted molar refractivity (Wildman–Crippen MR) is 84.8 cm³/mol. The topological polar surface area (TPSA) is 64.6 Å². The minimum atomic E-state index is -4.45. The Bertz CT molecular complexity index is 624. The van der Waals surface area contributed by atoms with Crippen LogP contribution in [-0.4, -0.2) is 30.7 Å². The summed E-state index contributed by atoms with van der Waals surface area (Å²) in [5, 5.41) is 2.51. The van der Waals surface area contributed by atoms with Crippen LogP contribution in [0.5, 0.6) is 5.75 Å². The molecule has 25 heavy (non-hydrogen) atoms. The minimum absolute atomic E-state index is 0.0640. The molecule has 1 rings (SSSR count). The molecule has 138 valence electrons. The summed E-state index contributed by atoms with van der Waals surface area (Å²) < 4.78 is 46.7. The molecule has 8 heteroatoms. The molecule has 0 bridgehead atoms. The maximum absolute atomic E-state index is 12.2. The number of esters is 1. The lowest BCUT2D eigenvalue weighted by atomic mass is 10.1. The molecule has 0 saturated carbocycles. The number of benzene rings is 1. The van der Waals surface area contributed by atoms with Crippen LogP contribution < -0.4 is 10.1 Å². The van der Waals surface area contributed by atoms with Gasteiger partial charge in [0.2, 0.25) is 5.91 Å². The van der Waals surface area contributed by atoms with Gasteiger partial charge in [-0.2, -0.15) is 13.2 Å². The summed E-state index contributed by atoms with van der Waals surface area (Å²) in [7, 11) is 0. The van der Waals surface area contributed by atoms with Crippen LogP contribution in [0.2, 0.25) is 0 Å². The molecule has 1 aromatic rings. The van der Waals surface area contributed by atoms with E-state index < -0.39 is 18.2 Å². The molecule has 0 aliphatic heterocycles. The Kier molecular flexibility index (Phi) is 7.47. The third-order valence-electron chi connectivity index (χ3n) is 2.96. The zero-order valence-electron chi connectivity index (χ0n) is 14.1. The van der Waals surface area contributed by atoms with E-state index in [2.05, 4.69) is 5.32 Å². The summed E-state index contributed by atoms with van der Waals surface area (Å²) in [4.78, 5) is 23.1. The first-order valence-electron chi connectivity index (χ1n) is 7.57. The Hall–Kier alpha value is -2.51. The van der Waals surface area contributed by atoms with E-state index in [1.54, 1.807) is 19.1 Å². The molecule has 0 unspecified atom stereocenters. The van der Waals surface area contributed by atoms with E-state index in [1.165, 1.54) is 26.0 Å². The number of rotatable bonds is 7. The molecular formula is C17H20F3NO4. The number of hydrogen-bond acceptors (Lipinski definition) is 4. The number of amides is 1. The van der Waals surface area contributed by atoms with Gasteiger partial charge in [0.25, 0.3) is 0 Å². The smallest absolute Gasteiger partial charge is 0.412 e. The molecule has 0 aromatic heterocycles. The Morgan fingerprint density at radius 2 is 1.80 bits per heavy atom. The van der Waals surface area contributed by atoms with Crippen LogP contribution in [0.3, 0.4) is 0 Å². The summed E-state index contributed by atoms with van der Waals surface area (Å²) >= 11 is 0. The molecule has 0 radical (unpaired) electrons. The number of allylic oxidation sites excluding steroid dienone is 2. The lowest BCUT2D eigenvalue weighted by Crippen LogP contribution is -2.42. The van der Waals surface area contributed by atoms with Crippen LogP contribution in [0.25, 0.3) is 0 Å². The van der Waals surface area contributed by atoms with E-state index in [0.29, 0.717) is 5.56 Å². The Balaban J connectivity index is 2.78. The number of hydrogen-bond donors (Lipinski definition) is 1. The van der Waals surface area contributed by atoms with Crippen molar-refractivity contribution in [1.29, 1.82) is 0 Å². The quantitative estimate of drug-likeness (QED) is 0.600. The third-order valence-corrected chi connectivity index (χ3v) is 2.96. The van der Waals surface area contributed by atoms with Crippen molar-refractivity contribution in [3.8, 4) is 5.75 Å². The standard InChI is InChI=1S/C17H20F3NO4/c1-4-24-16(23)15(21-12(3)22)9-13-5-7-14(8-6-13)25-11(2)10-17(18,19)20/h5-8,10,15H,4,9H2,1-3H3,(H,21,22)/b11-10-/t15-/m0/s1. The summed E-state index contributed by atoms with van der Waals surface area (Å²) in [6.45, 7) is 4.34. The molecule has 0 aliphatic carbocycles. The monoisotopic (exact) mass is 359 g/mol. The van der Waals surface area contributed by atoms with E-state index in [9.17, 15) is 22.8 Å². The fourth-order valence-corrected chi connectivity index (χ4v) is 2.06. The highest BCUT2D eigenvalue weighted by atomic mass is 19.4. The molecule has 0 saturated heterocycles. The molecule has 1 atom stereocenters. The second-order valence-corrected chi connectivity index (χ2v) is 5.25. The van der Waals surface area contributed by atoms with Crippen molar-refractivity contribution in [2.75, 3.05) is 6.61 Å². The van der Waals surface area contributed by atoms with Crippen LogP contribution in [0, 0.1) is 0 Å². The molecule has 1 aromatic carbocycles. The number of carbonyl (C=O) groups excluding carboxylic acids is 2. The number of alkyl halides is 3. The zero-order chi connectivity index (χ0) is 19.0. The maximum Gasteiger partial charge on any atom is 0.412 e. The summed E-state index contributed by atoms with van der Waals surface area (Å²) in [6, 6.07) is 5.34. The molecule has 1 N–H and O–H groups in total. The van der Waals surface area contributed by atoms with Crippen molar-refractivity contribution >= 4 is 11.9 Å². The fraction of sp³-hybridized carbons (Fsp3) is 0.412. The van der Waals surface area contributed by atoms with E-state index in [-0.39, 0.29) is 36.5 Å². The molecule has 0 spiro atoms. The fourth-order valence-electron chi connectivity index (χ4n) is 2.06. The van der Waals surface area contributed by atoms with E-state index >= 15 is 0 Å². The van der Waals surface area contributed by atoms with Gasteiger partial charge in [-0.25, -0.2) is 4.79 Å². The van der Waals surface area contributed by atoms with Gasteiger partial charge < -0.3 is 14.8 Å². The Morgan fingerprint density at radius 3 is 2.28 bits per heavy atom. The first-order chi connectivity index (χ1) is 11.6. The molecule has 0 heterocycles. The van der Waals surface area contributed by atoms with Crippen molar-refractivity contribution in [3.63, 3.8) is 0 Å². The van der Waals surface area contributed by atoms with Crippen molar-refractivity contribution in [2.24, 2.45) is 0 Å². The second-order valence-electron chi connectivity index (χ2n) is 5.25. The number of carbonyl (C=O) groups is 2. The maximum atomic E-state index is 12.2. The molecule has 1 amide bonds. The van der Waals surface area contributed by atoms with Crippen LogP contribution in [0.1, 0.15) is 26.3 Å². The highest BCUT2D eigenvalue weighted by Crippen LogP contribution is 2.21. The first kappa shape index (κ1) is 20.5. The normalized spacial score (nSPS) is 13.1. The predicted octanol–water partition coefficient (Wildman–Crippen LogP) is 3.14.